The fraction of sp³-hybridized carbons (Fsp3) is 0.269. The van der Waals surface area contributed by atoms with Gasteiger partial charge in [0, 0.05) is 38.7 Å². The van der Waals surface area contributed by atoms with E-state index in [4.69, 9.17) is 16.3 Å². The highest BCUT2D eigenvalue weighted by Crippen LogP contribution is 2.52. The molecule has 2 heterocycles. The summed E-state index contributed by atoms with van der Waals surface area (Å²) in [6.07, 6.45) is 2.84. The number of ether oxygens (including phenoxy) is 1. The SMILES string of the molecule is N#Cc1cccnc1C[C@@]1(OCC2(CO)CC2)c2ccc(Br)c(-c3ccc(Cl)cc3)c2C(=O)N1F. The van der Waals surface area contributed by atoms with Crippen molar-refractivity contribution < 1.29 is 19.1 Å². The maximum absolute atomic E-state index is 16.1. The Morgan fingerprint density at radius 1 is 1.20 bits per heavy atom. The molecule has 1 aliphatic carbocycles. The number of benzene rings is 2. The van der Waals surface area contributed by atoms with Gasteiger partial charge in [-0.15, -0.1) is 5.12 Å². The molecule has 0 radical (unpaired) electrons. The van der Waals surface area contributed by atoms with Crippen molar-refractivity contribution in [1.29, 1.82) is 5.26 Å². The number of aliphatic hydroxyl groups is 1. The van der Waals surface area contributed by atoms with E-state index in [1.807, 2.05) is 0 Å². The summed E-state index contributed by atoms with van der Waals surface area (Å²) < 4.78 is 23.0. The van der Waals surface area contributed by atoms with Crippen LogP contribution < -0.4 is 0 Å². The number of amides is 1. The number of rotatable bonds is 7. The molecule has 0 spiro atoms. The molecule has 2 aliphatic rings. The third-order valence-corrected chi connectivity index (χ3v) is 7.66. The van der Waals surface area contributed by atoms with Crippen molar-refractivity contribution >= 4 is 33.4 Å². The summed E-state index contributed by atoms with van der Waals surface area (Å²) in [4.78, 5) is 17.8. The van der Waals surface area contributed by atoms with Crippen molar-refractivity contribution in [2.24, 2.45) is 5.41 Å². The van der Waals surface area contributed by atoms with Crippen molar-refractivity contribution in [1.82, 2.24) is 10.1 Å². The molecule has 5 rings (SSSR count). The number of aromatic nitrogens is 1. The van der Waals surface area contributed by atoms with Crippen LogP contribution in [0.3, 0.4) is 0 Å². The predicted octanol–water partition coefficient (Wildman–Crippen LogP) is 5.56. The van der Waals surface area contributed by atoms with E-state index in [0.717, 1.165) is 12.8 Å². The van der Waals surface area contributed by atoms with Crippen LogP contribution in [0.1, 0.15) is 40.0 Å². The Morgan fingerprint density at radius 2 is 1.94 bits per heavy atom. The van der Waals surface area contributed by atoms with Gasteiger partial charge in [0.1, 0.15) is 6.07 Å². The highest BCUT2D eigenvalue weighted by Gasteiger charge is 2.56. The van der Waals surface area contributed by atoms with Crippen LogP contribution in [-0.2, 0) is 16.9 Å². The van der Waals surface area contributed by atoms with E-state index < -0.39 is 17.0 Å². The van der Waals surface area contributed by atoms with E-state index in [9.17, 15) is 15.2 Å². The summed E-state index contributed by atoms with van der Waals surface area (Å²) >= 11 is 9.57. The van der Waals surface area contributed by atoms with Crippen LogP contribution in [0.2, 0.25) is 5.02 Å². The summed E-state index contributed by atoms with van der Waals surface area (Å²) in [6.45, 7) is -0.0444. The van der Waals surface area contributed by atoms with Crippen LogP contribution in [-0.4, -0.2) is 34.3 Å². The lowest BCUT2D eigenvalue weighted by atomic mass is 9.90. The van der Waals surface area contributed by atoms with Gasteiger partial charge >= 0.3 is 0 Å². The Labute approximate surface area is 215 Å². The van der Waals surface area contributed by atoms with Gasteiger partial charge in [0.2, 0.25) is 5.72 Å². The van der Waals surface area contributed by atoms with Gasteiger partial charge in [-0.25, -0.2) is 0 Å². The van der Waals surface area contributed by atoms with Crippen molar-refractivity contribution in [3.8, 4) is 17.2 Å². The fourth-order valence-electron chi connectivity index (χ4n) is 4.45. The van der Waals surface area contributed by atoms with Crippen LogP contribution in [0.5, 0.6) is 0 Å². The molecule has 3 aromatic rings. The number of halogens is 3. The number of fused-ring (bicyclic) bond motifs is 1. The number of hydrogen-bond acceptors (Lipinski definition) is 5. The molecule has 1 amide bonds. The zero-order valence-corrected chi connectivity index (χ0v) is 20.8. The monoisotopic (exact) mass is 555 g/mol. The molecule has 6 nitrogen and oxygen atoms in total. The molecule has 0 saturated heterocycles. The summed E-state index contributed by atoms with van der Waals surface area (Å²) in [5, 5.41) is 20.1. The van der Waals surface area contributed by atoms with E-state index in [0.29, 0.717) is 31.9 Å². The third-order valence-electron chi connectivity index (χ3n) is 6.74. The van der Waals surface area contributed by atoms with Gasteiger partial charge in [-0.2, -0.15) is 5.26 Å². The maximum atomic E-state index is 16.1. The molecule has 1 aromatic heterocycles. The van der Waals surface area contributed by atoms with E-state index in [-0.39, 0.29) is 35.9 Å². The van der Waals surface area contributed by atoms with Gasteiger partial charge in [0.25, 0.3) is 5.91 Å². The number of carbonyl (C=O) groups is 1. The van der Waals surface area contributed by atoms with Gasteiger partial charge in [-0.1, -0.05) is 50.2 Å². The zero-order valence-electron chi connectivity index (χ0n) is 18.5. The van der Waals surface area contributed by atoms with E-state index in [1.54, 1.807) is 48.5 Å². The zero-order chi connectivity index (χ0) is 24.8. The van der Waals surface area contributed by atoms with Crippen LogP contribution in [0.25, 0.3) is 11.1 Å². The van der Waals surface area contributed by atoms with Crippen molar-refractivity contribution in [3.63, 3.8) is 0 Å². The predicted molar refractivity (Wildman–Crippen MR) is 131 cm³/mol. The first-order chi connectivity index (χ1) is 16.8. The fourth-order valence-corrected chi connectivity index (χ4v) is 5.13. The molecular formula is C26H20BrClFN3O3. The quantitative estimate of drug-likeness (QED) is 0.385. The van der Waals surface area contributed by atoms with Gasteiger partial charge in [0.05, 0.1) is 30.0 Å². The molecule has 1 atom stereocenters. The number of hydrogen-bond donors (Lipinski definition) is 1. The molecule has 0 unspecified atom stereocenters. The number of carbonyl (C=O) groups excluding carboxylic acids is 1. The second kappa shape index (κ2) is 8.99. The Bertz CT molecular complexity index is 1360. The first-order valence-corrected chi connectivity index (χ1v) is 12.2. The summed E-state index contributed by atoms with van der Waals surface area (Å²) in [6, 6.07) is 15.6. The van der Waals surface area contributed by atoms with Crippen LogP contribution in [0, 0.1) is 16.7 Å². The van der Waals surface area contributed by atoms with Crippen LogP contribution in [0.15, 0.2) is 59.2 Å². The molecule has 1 fully saturated rings. The molecule has 35 heavy (non-hydrogen) atoms. The molecule has 1 saturated carbocycles. The second-order valence-electron chi connectivity index (χ2n) is 8.96. The van der Waals surface area contributed by atoms with Crippen molar-refractivity contribution in [3.05, 3.63) is 86.6 Å². The molecule has 2 aromatic carbocycles. The minimum atomic E-state index is -1.85. The number of nitrogens with zero attached hydrogens (tertiary/aromatic N) is 3. The first kappa shape index (κ1) is 23.9. The number of aliphatic hydroxyl groups excluding tert-OH is 1. The molecule has 9 heteroatoms. The lowest BCUT2D eigenvalue weighted by molar-refractivity contribution is -0.215. The van der Waals surface area contributed by atoms with Crippen LogP contribution >= 0.6 is 27.5 Å². The number of pyridine rings is 1. The van der Waals surface area contributed by atoms with E-state index >= 15 is 4.48 Å². The minimum absolute atomic E-state index is 0.0533. The summed E-state index contributed by atoms with van der Waals surface area (Å²) in [5.41, 5.74) is -0.0441. The molecule has 1 aliphatic heterocycles. The molecule has 0 bridgehead atoms. The minimum Gasteiger partial charge on any atom is -0.396 e. The summed E-state index contributed by atoms with van der Waals surface area (Å²) in [7, 11) is 0. The largest absolute Gasteiger partial charge is 0.396 e. The van der Waals surface area contributed by atoms with Crippen molar-refractivity contribution in [2.75, 3.05) is 13.2 Å². The Hall–Kier alpha value is -2.83. The maximum Gasteiger partial charge on any atom is 0.285 e. The lowest BCUT2D eigenvalue weighted by Crippen LogP contribution is -2.44. The number of nitriles is 1. The Morgan fingerprint density at radius 3 is 2.60 bits per heavy atom. The summed E-state index contributed by atoms with van der Waals surface area (Å²) in [5.74, 6) is -0.852. The molecular weight excluding hydrogens is 537 g/mol. The van der Waals surface area contributed by atoms with E-state index in [2.05, 4.69) is 27.0 Å². The highest BCUT2D eigenvalue weighted by atomic mass is 79.9. The highest BCUT2D eigenvalue weighted by molar-refractivity contribution is 9.10. The van der Waals surface area contributed by atoms with Gasteiger partial charge in [0.15, 0.2) is 0 Å². The first-order valence-electron chi connectivity index (χ1n) is 11.0. The molecule has 178 valence electrons. The average molecular weight is 557 g/mol. The van der Waals surface area contributed by atoms with Crippen LogP contribution in [0.4, 0.5) is 4.48 Å². The Balaban J connectivity index is 1.70. The van der Waals surface area contributed by atoms with Gasteiger partial charge < -0.3 is 9.84 Å². The van der Waals surface area contributed by atoms with Gasteiger partial charge in [-0.3, -0.25) is 9.78 Å². The smallest absolute Gasteiger partial charge is 0.285 e. The average Bonchev–Trinajstić information content (AvgIpc) is 3.63. The molecule has 1 N–H and O–H groups in total. The topological polar surface area (TPSA) is 86.5 Å². The lowest BCUT2D eigenvalue weighted by Gasteiger charge is -2.34. The third kappa shape index (κ3) is 4.03. The standard InChI is InChI=1S/C26H20BrClFN3O3/c27-20-8-7-19-23(22(20)16-3-5-18(28)6-4-16)24(34)32(29)26(19,35-15-25(14-33)9-10-25)12-21-17(13-30)2-1-11-31-21/h1-8,11,33H,9-10,12,14-15H2/t26-/m1/s1. The van der Waals surface area contributed by atoms with Crippen molar-refractivity contribution in [2.45, 2.75) is 25.0 Å². The normalized spacial score (nSPS) is 20.0. The van der Waals surface area contributed by atoms with Gasteiger partial charge in [-0.05, 0) is 48.7 Å². The van der Waals surface area contributed by atoms with E-state index in [1.165, 1.54) is 6.20 Å². The Kier molecular flexibility index (Phi) is 6.14. The second-order valence-corrected chi connectivity index (χ2v) is 10.2.